The first-order valence-electron chi connectivity index (χ1n) is 7.89. The lowest BCUT2D eigenvalue weighted by Crippen LogP contribution is -2.34. The van der Waals surface area contributed by atoms with Gasteiger partial charge in [0.05, 0.1) is 11.4 Å². The molecule has 1 aliphatic rings. The Labute approximate surface area is 151 Å². The summed E-state index contributed by atoms with van der Waals surface area (Å²) in [6, 6.07) is 14.2. The molecule has 0 saturated carbocycles. The molecule has 5 nitrogen and oxygen atoms in total. The number of thioether (sulfide) groups is 1. The summed E-state index contributed by atoms with van der Waals surface area (Å²) >= 11 is 1.37. The minimum Gasteiger partial charge on any atom is -0.354 e. The molecule has 0 aromatic heterocycles. The lowest BCUT2D eigenvalue weighted by Gasteiger charge is -2.22. The molecule has 0 saturated heterocycles. The van der Waals surface area contributed by atoms with Crippen LogP contribution in [0.25, 0.3) is 16.8 Å². The lowest BCUT2D eigenvalue weighted by molar-refractivity contribution is -0.113. The SMILES string of the molecule is COC(CN(C)C1=NC(=O)/C(=C\c2cccc3ccccc23)S1)OC. The second-order valence-electron chi connectivity index (χ2n) is 5.66. The third-order valence-electron chi connectivity index (χ3n) is 3.99. The molecule has 1 amide bonds. The van der Waals surface area contributed by atoms with Crippen molar-refractivity contribution in [1.82, 2.24) is 4.90 Å². The van der Waals surface area contributed by atoms with E-state index in [4.69, 9.17) is 9.47 Å². The second-order valence-corrected chi connectivity index (χ2v) is 6.67. The molecule has 1 aliphatic heterocycles. The average Bonchev–Trinajstić information content (AvgIpc) is 3.00. The molecule has 6 heteroatoms. The first-order valence-corrected chi connectivity index (χ1v) is 8.71. The maximum atomic E-state index is 12.3. The van der Waals surface area contributed by atoms with E-state index in [1.54, 1.807) is 14.2 Å². The van der Waals surface area contributed by atoms with E-state index >= 15 is 0 Å². The molecular formula is C19H20N2O3S. The Bertz CT molecular complexity index is 838. The Kier molecular flexibility index (Phi) is 5.53. The largest absolute Gasteiger partial charge is 0.354 e. The van der Waals surface area contributed by atoms with Gasteiger partial charge in [-0.2, -0.15) is 4.99 Å². The van der Waals surface area contributed by atoms with E-state index < -0.39 is 0 Å². The summed E-state index contributed by atoms with van der Waals surface area (Å²) < 4.78 is 10.4. The summed E-state index contributed by atoms with van der Waals surface area (Å²) in [5.74, 6) is -0.217. The molecule has 1 heterocycles. The highest BCUT2D eigenvalue weighted by molar-refractivity contribution is 8.18. The molecule has 0 radical (unpaired) electrons. The Morgan fingerprint density at radius 2 is 1.88 bits per heavy atom. The molecule has 25 heavy (non-hydrogen) atoms. The molecule has 130 valence electrons. The van der Waals surface area contributed by atoms with Gasteiger partial charge in [-0.25, -0.2) is 0 Å². The number of hydrogen-bond acceptors (Lipinski definition) is 5. The quantitative estimate of drug-likeness (QED) is 0.607. The van der Waals surface area contributed by atoms with Crippen molar-refractivity contribution in [3.63, 3.8) is 0 Å². The van der Waals surface area contributed by atoms with Gasteiger partial charge in [0.15, 0.2) is 11.5 Å². The van der Waals surface area contributed by atoms with Crippen molar-refractivity contribution in [2.45, 2.75) is 6.29 Å². The zero-order valence-corrected chi connectivity index (χ0v) is 15.2. The topological polar surface area (TPSA) is 51.1 Å². The van der Waals surface area contributed by atoms with E-state index in [1.165, 1.54) is 11.8 Å². The zero-order chi connectivity index (χ0) is 17.8. The molecule has 0 N–H and O–H groups in total. The summed E-state index contributed by atoms with van der Waals surface area (Å²) in [5, 5.41) is 2.91. The van der Waals surface area contributed by atoms with Crippen LogP contribution in [0.4, 0.5) is 0 Å². The van der Waals surface area contributed by atoms with Gasteiger partial charge in [0.2, 0.25) is 0 Å². The third-order valence-corrected chi connectivity index (χ3v) is 5.09. The number of amides is 1. The molecule has 0 aliphatic carbocycles. The number of carbonyl (C=O) groups is 1. The van der Waals surface area contributed by atoms with Gasteiger partial charge in [0.25, 0.3) is 5.91 Å². The van der Waals surface area contributed by atoms with Crippen molar-refractivity contribution < 1.29 is 14.3 Å². The number of benzene rings is 2. The maximum Gasteiger partial charge on any atom is 0.286 e. The Morgan fingerprint density at radius 3 is 2.64 bits per heavy atom. The fourth-order valence-corrected chi connectivity index (χ4v) is 3.50. The van der Waals surface area contributed by atoms with Gasteiger partial charge in [-0.15, -0.1) is 0 Å². The van der Waals surface area contributed by atoms with E-state index in [2.05, 4.69) is 23.2 Å². The standard InChI is InChI=1S/C19H20N2O3S/c1-21(12-17(23-2)24-3)19-20-18(22)16(25-19)11-14-9-6-8-13-7-4-5-10-15(13)14/h4-11,17H,12H2,1-3H3/b16-11+. The van der Waals surface area contributed by atoms with Gasteiger partial charge in [-0.1, -0.05) is 42.5 Å². The van der Waals surface area contributed by atoms with E-state index in [0.29, 0.717) is 16.6 Å². The van der Waals surface area contributed by atoms with Crippen LogP contribution < -0.4 is 0 Å². The minimum atomic E-state index is -0.366. The number of nitrogens with zero attached hydrogens (tertiary/aromatic N) is 2. The first kappa shape index (κ1) is 17.7. The monoisotopic (exact) mass is 356 g/mol. The van der Waals surface area contributed by atoms with Crippen LogP contribution in [0.3, 0.4) is 0 Å². The van der Waals surface area contributed by atoms with Crippen LogP contribution in [-0.2, 0) is 14.3 Å². The predicted molar refractivity (Wildman–Crippen MR) is 102 cm³/mol. The summed E-state index contributed by atoms with van der Waals surface area (Å²) in [6.45, 7) is 0.494. The highest BCUT2D eigenvalue weighted by Crippen LogP contribution is 2.31. The average molecular weight is 356 g/mol. The Hall–Kier alpha value is -2.15. The van der Waals surface area contributed by atoms with E-state index in [1.807, 2.05) is 42.3 Å². The molecule has 0 bridgehead atoms. The molecule has 2 aromatic rings. The molecule has 2 aromatic carbocycles. The Balaban J connectivity index is 1.81. The van der Waals surface area contributed by atoms with Gasteiger partial charge in [0.1, 0.15) is 0 Å². The predicted octanol–water partition coefficient (Wildman–Crippen LogP) is 3.36. The number of ether oxygens (including phenoxy) is 2. The number of likely N-dealkylation sites (N-methyl/N-ethyl adjacent to an activating group) is 1. The van der Waals surface area contributed by atoms with Crippen LogP contribution in [0.15, 0.2) is 52.4 Å². The van der Waals surface area contributed by atoms with Crippen molar-refractivity contribution >= 4 is 39.7 Å². The third kappa shape index (κ3) is 3.92. The van der Waals surface area contributed by atoms with Crippen LogP contribution in [0.1, 0.15) is 5.56 Å². The molecule has 3 rings (SSSR count). The van der Waals surface area contributed by atoms with E-state index in [-0.39, 0.29) is 12.2 Å². The minimum absolute atomic E-state index is 0.217. The second kappa shape index (κ2) is 7.82. The Morgan fingerprint density at radius 1 is 1.16 bits per heavy atom. The smallest absolute Gasteiger partial charge is 0.286 e. The fraction of sp³-hybridized carbons (Fsp3) is 0.263. The molecule has 0 unspecified atom stereocenters. The number of rotatable bonds is 5. The van der Waals surface area contributed by atoms with Crippen LogP contribution >= 0.6 is 11.8 Å². The van der Waals surface area contributed by atoms with Gasteiger partial charge in [-0.3, -0.25) is 4.79 Å². The maximum absolute atomic E-state index is 12.3. The molecule has 0 atom stereocenters. The number of fused-ring (bicyclic) bond motifs is 1. The fourth-order valence-electron chi connectivity index (χ4n) is 2.63. The summed E-state index contributed by atoms with van der Waals surface area (Å²) in [7, 11) is 5.04. The number of aliphatic imine (C=N–C) groups is 1. The molecule has 0 fully saturated rings. The normalized spacial score (nSPS) is 16.1. The van der Waals surface area contributed by atoms with Crippen molar-refractivity contribution in [3.05, 3.63) is 52.9 Å². The highest BCUT2D eigenvalue weighted by Gasteiger charge is 2.26. The zero-order valence-electron chi connectivity index (χ0n) is 14.4. The van der Waals surface area contributed by atoms with Crippen LogP contribution in [0, 0.1) is 0 Å². The van der Waals surface area contributed by atoms with E-state index in [9.17, 15) is 4.79 Å². The number of amidine groups is 1. The van der Waals surface area contributed by atoms with Gasteiger partial charge >= 0.3 is 0 Å². The number of carbonyl (C=O) groups excluding carboxylic acids is 1. The van der Waals surface area contributed by atoms with Crippen molar-refractivity contribution in [2.24, 2.45) is 4.99 Å². The summed E-state index contributed by atoms with van der Waals surface area (Å²) in [6.07, 6.45) is 1.54. The van der Waals surface area contributed by atoms with Gasteiger partial charge in [-0.05, 0) is 34.2 Å². The van der Waals surface area contributed by atoms with Crippen molar-refractivity contribution in [3.8, 4) is 0 Å². The van der Waals surface area contributed by atoms with E-state index in [0.717, 1.165) is 16.3 Å². The lowest BCUT2D eigenvalue weighted by atomic mass is 10.0. The van der Waals surface area contributed by atoms with Crippen LogP contribution in [0.2, 0.25) is 0 Å². The molecular weight excluding hydrogens is 336 g/mol. The highest BCUT2D eigenvalue weighted by atomic mass is 32.2. The summed E-state index contributed by atoms with van der Waals surface area (Å²) in [4.78, 5) is 18.9. The van der Waals surface area contributed by atoms with Gasteiger partial charge in [0, 0.05) is 21.3 Å². The van der Waals surface area contributed by atoms with Crippen LogP contribution in [-0.4, -0.2) is 50.1 Å². The molecule has 0 spiro atoms. The van der Waals surface area contributed by atoms with Crippen molar-refractivity contribution in [1.29, 1.82) is 0 Å². The van der Waals surface area contributed by atoms with Crippen molar-refractivity contribution in [2.75, 3.05) is 27.8 Å². The van der Waals surface area contributed by atoms with Crippen LogP contribution in [0.5, 0.6) is 0 Å². The number of hydrogen-bond donors (Lipinski definition) is 0. The first-order chi connectivity index (χ1) is 12.1. The number of methoxy groups -OCH3 is 2. The van der Waals surface area contributed by atoms with Gasteiger partial charge < -0.3 is 14.4 Å². The summed E-state index contributed by atoms with van der Waals surface area (Å²) in [5.41, 5.74) is 1.01.